The summed E-state index contributed by atoms with van der Waals surface area (Å²) in [5.74, 6) is -1.88. The lowest BCUT2D eigenvalue weighted by molar-refractivity contribution is -0.129. The van der Waals surface area contributed by atoms with Gasteiger partial charge < -0.3 is 14.6 Å². The molecule has 0 spiro atoms. The Morgan fingerprint density at radius 1 is 1.28 bits per heavy atom. The van der Waals surface area contributed by atoms with Gasteiger partial charge >= 0.3 is 0 Å². The van der Waals surface area contributed by atoms with Crippen molar-refractivity contribution in [1.82, 2.24) is 14.5 Å². The second kappa shape index (κ2) is 6.88. The summed E-state index contributed by atoms with van der Waals surface area (Å²) in [6.45, 7) is 2.31. The number of halogens is 1. The van der Waals surface area contributed by atoms with Crippen LogP contribution in [0, 0.1) is 5.82 Å². The second-order valence-electron chi connectivity index (χ2n) is 5.93. The fourth-order valence-electron chi connectivity index (χ4n) is 3.08. The molecule has 1 aromatic heterocycles. The van der Waals surface area contributed by atoms with Gasteiger partial charge in [0, 0.05) is 25.5 Å². The first-order valence-corrected chi connectivity index (χ1v) is 7.95. The molecule has 130 valence electrons. The monoisotopic (exact) mass is 343 g/mol. The molecule has 1 N–H and O–H groups in total. The number of rotatable bonds is 6. The highest BCUT2D eigenvalue weighted by Crippen LogP contribution is 2.37. The molecule has 1 unspecified atom stereocenters. The number of hydrogen-bond acceptors (Lipinski definition) is 4. The summed E-state index contributed by atoms with van der Waals surface area (Å²) in [6, 6.07) is 4.90. The molecule has 0 saturated heterocycles. The van der Waals surface area contributed by atoms with E-state index in [9.17, 15) is 19.1 Å². The quantitative estimate of drug-likeness (QED) is 0.874. The van der Waals surface area contributed by atoms with Gasteiger partial charge in [-0.1, -0.05) is 12.1 Å². The van der Waals surface area contributed by atoms with Crippen LogP contribution >= 0.6 is 0 Å². The van der Waals surface area contributed by atoms with Gasteiger partial charge in [-0.05, 0) is 31.0 Å². The van der Waals surface area contributed by atoms with Crippen molar-refractivity contribution >= 4 is 11.7 Å². The van der Waals surface area contributed by atoms with Crippen molar-refractivity contribution in [3.63, 3.8) is 0 Å². The average molecular weight is 343 g/mol. The highest BCUT2D eigenvalue weighted by molar-refractivity contribution is 6.08. The molecule has 6 nitrogen and oxygen atoms in total. The zero-order chi connectivity index (χ0) is 18.0. The topological polar surface area (TPSA) is 75.4 Å². The lowest BCUT2D eigenvalue weighted by atomic mass is 9.96. The van der Waals surface area contributed by atoms with Crippen LogP contribution in [0.15, 0.2) is 54.3 Å². The number of nitrogens with zero attached hydrogens (tertiary/aromatic N) is 3. The van der Waals surface area contributed by atoms with E-state index >= 15 is 0 Å². The smallest absolute Gasteiger partial charge is 0.290 e. The first-order chi connectivity index (χ1) is 12.0. The minimum atomic E-state index is -0.701. The number of amides is 1. The van der Waals surface area contributed by atoms with Gasteiger partial charge in [0.2, 0.25) is 0 Å². The van der Waals surface area contributed by atoms with Crippen LogP contribution in [0.1, 0.15) is 24.9 Å². The Morgan fingerprint density at radius 3 is 2.60 bits per heavy atom. The molecule has 0 bridgehead atoms. The molecular weight excluding hydrogens is 325 g/mol. The fraction of sp³-hybridized carbons (Fsp3) is 0.278. The molecule has 25 heavy (non-hydrogen) atoms. The second-order valence-corrected chi connectivity index (χ2v) is 5.93. The van der Waals surface area contributed by atoms with Crippen molar-refractivity contribution in [2.75, 3.05) is 6.54 Å². The van der Waals surface area contributed by atoms with Crippen LogP contribution in [-0.2, 0) is 16.1 Å². The number of Topliss-reactive ketones (excluding diaryl/α,β-unsaturated/α-hetero) is 1. The largest absolute Gasteiger partial charge is 0.503 e. The van der Waals surface area contributed by atoms with E-state index in [4.69, 9.17) is 0 Å². The summed E-state index contributed by atoms with van der Waals surface area (Å²) in [6.07, 6.45) is 5.79. The maximum atomic E-state index is 13.2. The number of hydrogen-bond donors (Lipinski definition) is 1. The van der Waals surface area contributed by atoms with Crippen LogP contribution in [-0.4, -0.2) is 37.8 Å². The van der Waals surface area contributed by atoms with Crippen LogP contribution in [0.25, 0.3) is 0 Å². The number of aryl methyl sites for hydroxylation is 1. The van der Waals surface area contributed by atoms with Crippen LogP contribution in [0.2, 0.25) is 0 Å². The number of aliphatic hydroxyl groups excluding tert-OH is 1. The normalized spacial score (nSPS) is 17.4. The molecule has 1 aliphatic heterocycles. The van der Waals surface area contributed by atoms with Crippen molar-refractivity contribution in [1.29, 1.82) is 0 Å². The Morgan fingerprint density at radius 2 is 2.00 bits per heavy atom. The lowest BCUT2D eigenvalue weighted by Crippen LogP contribution is -2.32. The third-order valence-corrected chi connectivity index (χ3v) is 4.24. The summed E-state index contributed by atoms with van der Waals surface area (Å²) in [5, 5.41) is 10.1. The fourth-order valence-corrected chi connectivity index (χ4v) is 3.08. The van der Waals surface area contributed by atoms with Gasteiger partial charge in [-0.15, -0.1) is 0 Å². The van der Waals surface area contributed by atoms with Crippen molar-refractivity contribution in [3.8, 4) is 0 Å². The van der Waals surface area contributed by atoms with Crippen LogP contribution < -0.4 is 0 Å². The molecule has 1 aromatic carbocycles. The molecule has 1 aliphatic rings. The van der Waals surface area contributed by atoms with Gasteiger partial charge in [0.25, 0.3) is 5.91 Å². The number of imidazole rings is 1. The SMILES string of the molecule is CC(=O)C1=C(O)C(=O)N(CCCn2ccnc2)C1c1ccc(F)cc1. The van der Waals surface area contributed by atoms with E-state index in [0.717, 1.165) is 0 Å². The molecule has 1 atom stereocenters. The zero-order valence-electron chi connectivity index (χ0n) is 13.7. The van der Waals surface area contributed by atoms with E-state index in [1.54, 1.807) is 12.5 Å². The highest BCUT2D eigenvalue weighted by Gasteiger charge is 2.41. The molecule has 2 heterocycles. The van der Waals surface area contributed by atoms with Gasteiger partial charge in [0.15, 0.2) is 11.5 Å². The Kier molecular flexibility index (Phi) is 4.65. The molecular formula is C18H18FN3O3. The van der Waals surface area contributed by atoms with E-state index in [2.05, 4.69) is 4.98 Å². The summed E-state index contributed by atoms with van der Waals surface area (Å²) in [7, 11) is 0. The summed E-state index contributed by atoms with van der Waals surface area (Å²) in [5.41, 5.74) is 0.644. The van der Waals surface area contributed by atoms with Crippen molar-refractivity contribution in [2.45, 2.75) is 25.9 Å². The first-order valence-electron chi connectivity index (χ1n) is 7.95. The number of aromatic nitrogens is 2. The minimum absolute atomic E-state index is 0.0549. The van der Waals surface area contributed by atoms with E-state index in [0.29, 0.717) is 25.1 Å². The maximum absolute atomic E-state index is 13.2. The number of carbonyl (C=O) groups excluding carboxylic acids is 2. The number of aliphatic hydroxyl groups is 1. The summed E-state index contributed by atoms with van der Waals surface area (Å²) >= 11 is 0. The number of carbonyl (C=O) groups is 2. The average Bonchev–Trinajstić information content (AvgIpc) is 3.17. The van der Waals surface area contributed by atoms with Crippen LogP contribution in [0.4, 0.5) is 4.39 Å². The first kappa shape index (κ1) is 16.9. The standard InChI is InChI=1S/C18H18FN3O3/c1-12(23)15-16(13-3-5-14(19)6-4-13)22(18(25)17(15)24)9-2-8-21-10-7-20-11-21/h3-7,10-11,16,24H,2,8-9H2,1H3. The Hall–Kier alpha value is -2.96. The number of benzene rings is 1. The molecule has 0 aliphatic carbocycles. The predicted molar refractivity (Wildman–Crippen MR) is 88.0 cm³/mol. The summed E-state index contributed by atoms with van der Waals surface area (Å²) < 4.78 is 15.1. The van der Waals surface area contributed by atoms with Crippen molar-refractivity contribution in [2.24, 2.45) is 0 Å². The third kappa shape index (κ3) is 3.31. The van der Waals surface area contributed by atoms with Gasteiger partial charge in [-0.25, -0.2) is 9.37 Å². The van der Waals surface area contributed by atoms with Gasteiger partial charge in [-0.3, -0.25) is 9.59 Å². The molecule has 0 saturated carbocycles. The predicted octanol–water partition coefficient (Wildman–Crippen LogP) is 2.40. The van der Waals surface area contributed by atoms with Crippen LogP contribution in [0.5, 0.6) is 0 Å². The molecule has 1 amide bonds. The van der Waals surface area contributed by atoms with Gasteiger partial charge in [-0.2, -0.15) is 0 Å². The Bertz CT molecular complexity index is 813. The molecule has 0 radical (unpaired) electrons. The van der Waals surface area contributed by atoms with Gasteiger partial charge in [0.1, 0.15) is 5.82 Å². The Balaban J connectivity index is 1.85. The lowest BCUT2D eigenvalue weighted by Gasteiger charge is -2.26. The maximum Gasteiger partial charge on any atom is 0.290 e. The van der Waals surface area contributed by atoms with E-state index in [-0.39, 0.29) is 11.4 Å². The van der Waals surface area contributed by atoms with Gasteiger partial charge in [0.05, 0.1) is 17.9 Å². The Labute approximate surface area is 144 Å². The highest BCUT2D eigenvalue weighted by atomic mass is 19.1. The van der Waals surface area contributed by atoms with Crippen molar-refractivity contribution in [3.05, 3.63) is 65.7 Å². The van der Waals surface area contributed by atoms with Crippen LogP contribution in [0.3, 0.4) is 0 Å². The molecule has 7 heteroatoms. The number of ketones is 1. The van der Waals surface area contributed by atoms with E-state index in [1.165, 1.54) is 36.1 Å². The van der Waals surface area contributed by atoms with E-state index in [1.807, 2.05) is 10.8 Å². The molecule has 3 rings (SSSR count). The third-order valence-electron chi connectivity index (χ3n) is 4.24. The van der Waals surface area contributed by atoms with Crippen molar-refractivity contribution < 1.29 is 19.1 Å². The molecule has 2 aromatic rings. The zero-order valence-corrected chi connectivity index (χ0v) is 13.7. The minimum Gasteiger partial charge on any atom is -0.503 e. The van der Waals surface area contributed by atoms with E-state index < -0.39 is 23.5 Å². The summed E-state index contributed by atoms with van der Waals surface area (Å²) in [4.78, 5) is 29.8. The molecule has 0 fully saturated rings.